The first-order chi connectivity index (χ1) is 12.7. The zero-order valence-corrected chi connectivity index (χ0v) is 15.1. The molecule has 2 aromatic carbocycles. The van der Waals surface area contributed by atoms with Crippen LogP contribution in [0.3, 0.4) is 0 Å². The molecule has 2 heterocycles. The van der Waals surface area contributed by atoms with Crippen LogP contribution in [0.15, 0.2) is 54.2 Å². The molecule has 0 amide bonds. The molecule has 4 aromatic rings. The van der Waals surface area contributed by atoms with Crippen molar-refractivity contribution in [3.63, 3.8) is 0 Å². The summed E-state index contributed by atoms with van der Waals surface area (Å²) in [4.78, 5) is 9.68. The lowest BCUT2D eigenvalue weighted by molar-refractivity contribution is 0.416. The molecule has 0 unspecified atom stereocenters. The van der Waals surface area contributed by atoms with Crippen molar-refractivity contribution in [1.29, 1.82) is 0 Å². The number of aryl methyl sites for hydroxylation is 1. The van der Waals surface area contributed by atoms with Crippen molar-refractivity contribution in [2.75, 3.05) is 12.4 Å². The normalized spacial score (nSPS) is 10.9. The first-order valence-electron chi connectivity index (χ1n) is 8.05. The molecule has 4 rings (SSSR count). The molecule has 0 fully saturated rings. The van der Waals surface area contributed by atoms with Crippen LogP contribution in [0.4, 0.5) is 15.9 Å². The summed E-state index contributed by atoms with van der Waals surface area (Å²) >= 11 is 1.53. The molecular formula is C20H16FN3OS. The van der Waals surface area contributed by atoms with E-state index in [2.05, 4.69) is 15.3 Å². The van der Waals surface area contributed by atoms with Crippen LogP contribution in [0.2, 0.25) is 0 Å². The van der Waals surface area contributed by atoms with Gasteiger partial charge in [0.2, 0.25) is 0 Å². The molecule has 130 valence electrons. The zero-order chi connectivity index (χ0) is 18.1. The highest BCUT2D eigenvalue weighted by molar-refractivity contribution is 7.17. The third-order valence-corrected chi connectivity index (χ3v) is 5.02. The van der Waals surface area contributed by atoms with Crippen molar-refractivity contribution in [2.45, 2.75) is 6.92 Å². The third kappa shape index (κ3) is 2.99. The lowest BCUT2D eigenvalue weighted by Gasteiger charge is -2.12. The van der Waals surface area contributed by atoms with Crippen LogP contribution in [0.25, 0.3) is 21.3 Å². The van der Waals surface area contributed by atoms with Gasteiger partial charge in [0.05, 0.1) is 18.2 Å². The van der Waals surface area contributed by atoms with E-state index in [1.165, 1.54) is 29.8 Å². The van der Waals surface area contributed by atoms with Gasteiger partial charge in [-0.05, 0) is 42.3 Å². The van der Waals surface area contributed by atoms with Crippen LogP contribution in [0.1, 0.15) is 5.56 Å². The Morgan fingerprint density at radius 2 is 1.88 bits per heavy atom. The van der Waals surface area contributed by atoms with Crippen molar-refractivity contribution in [3.05, 3.63) is 65.6 Å². The van der Waals surface area contributed by atoms with Gasteiger partial charge >= 0.3 is 0 Å². The van der Waals surface area contributed by atoms with Crippen molar-refractivity contribution < 1.29 is 9.13 Å². The van der Waals surface area contributed by atoms with Gasteiger partial charge in [-0.15, -0.1) is 11.3 Å². The lowest BCUT2D eigenvalue weighted by atomic mass is 10.1. The number of fused-ring (bicyclic) bond motifs is 1. The van der Waals surface area contributed by atoms with Gasteiger partial charge in [-0.1, -0.05) is 18.2 Å². The van der Waals surface area contributed by atoms with Crippen molar-refractivity contribution in [3.8, 4) is 16.9 Å². The Labute approximate surface area is 154 Å². The number of benzene rings is 2. The molecule has 0 aliphatic carbocycles. The van der Waals surface area contributed by atoms with Crippen molar-refractivity contribution in [2.24, 2.45) is 0 Å². The van der Waals surface area contributed by atoms with E-state index in [4.69, 9.17) is 4.74 Å². The molecule has 0 bridgehead atoms. The summed E-state index contributed by atoms with van der Waals surface area (Å²) in [6.45, 7) is 2.02. The Bertz CT molecular complexity index is 1080. The Kier molecular flexibility index (Phi) is 4.26. The van der Waals surface area contributed by atoms with Crippen molar-refractivity contribution >= 4 is 33.1 Å². The summed E-state index contributed by atoms with van der Waals surface area (Å²) < 4.78 is 18.7. The quantitative estimate of drug-likeness (QED) is 0.514. The van der Waals surface area contributed by atoms with Crippen LogP contribution >= 0.6 is 11.3 Å². The number of rotatable bonds is 4. The molecule has 2 aromatic heterocycles. The Hall–Kier alpha value is -2.99. The van der Waals surface area contributed by atoms with E-state index in [1.807, 2.05) is 30.5 Å². The highest BCUT2D eigenvalue weighted by Crippen LogP contribution is 2.38. The average molecular weight is 365 g/mol. The largest absolute Gasteiger partial charge is 0.495 e. The molecule has 6 heteroatoms. The Balaban J connectivity index is 1.85. The molecule has 0 spiro atoms. The maximum atomic E-state index is 13.3. The molecular weight excluding hydrogens is 349 g/mol. The molecule has 0 radical (unpaired) electrons. The van der Waals surface area contributed by atoms with Gasteiger partial charge in [-0.3, -0.25) is 0 Å². The molecule has 0 saturated carbocycles. The number of ether oxygens (including phenoxy) is 1. The monoisotopic (exact) mass is 365 g/mol. The Morgan fingerprint density at radius 3 is 2.65 bits per heavy atom. The molecule has 4 nitrogen and oxygen atoms in total. The third-order valence-electron chi connectivity index (χ3n) is 4.13. The van der Waals surface area contributed by atoms with Crippen LogP contribution in [0.5, 0.6) is 5.75 Å². The minimum atomic E-state index is -0.257. The van der Waals surface area contributed by atoms with Gasteiger partial charge in [0.25, 0.3) is 0 Å². The van der Waals surface area contributed by atoms with E-state index in [9.17, 15) is 4.39 Å². The average Bonchev–Trinajstić information content (AvgIpc) is 3.08. The fraction of sp³-hybridized carbons (Fsp3) is 0.100. The summed E-state index contributed by atoms with van der Waals surface area (Å²) in [7, 11) is 1.64. The molecule has 0 saturated heterocycles. The van der Waals surface area contributed by atoms with E-state index in [0.717, 1.165) is 38.3 Å². The highest BCUT2D eigenvalue weighted by Gasteiger charge is 2.15. The van der Waals surface area contributed by atoms with E-state index < -0.39 is 0 Å². The number of thiophene rings is 1. The van der Waals surface area contributed by atoms with Crippen molar-refractivity contribution in [1.82, 2.24) is 9.97 Å². The predicted octanol–water partition coefficient (Wildman–Crippen LogP) is 5.56. The second-order valence-electron chi connectivity index (χ2n) is 5.89. The zero-order valence-electron chi connectivity index (χ0n) is 14.3. The number of hydrogen-bond donors (Lipinski definition) is 1. The van der Waals surface area contributed by atoms with Gasteiger partial charge in [0.1, 0.15) is 28.5 Å². The molecule has 0 atom stereocenters. The Morgan fingerprint density at radius 1 is 1.08 bits per heavy atom. The van der Waals surface area contributed by atoms with E-state index in [1.54, 1.807) is 19.2 Å². The SMILES string of the molecule is COc1ccc(C)cc1Nc1ncnc2scc(-c3ccc(F)cc3)c12. The minimum absolute atomic E-state index is 0.257. The first-order valence-corrected chi connectivity index (χ1v) is 8.93. The van der Waals surface area contributed by atoms with E-state index in [-0.39, 0.29) is 5.82 Å². The number of nitrogens with one attached hydrogen (secondary N) is 1. The van der Waals surface area contributed by atoms with Gasteiger partial charge in [0, 0.05) is 10.9 Å². The topological polar surface area (TPSA) is 47.0 Å². The van der Waals surface area contributed by atoms with Crippen LogP contribution in [0, 0.1) is 12.7 Å². The fourth-order valence-electron chi connectivity index (χ4n) is 2.86. The molecule has 0 aliphatic heterocycles. The molecule has 1 N–H and O–H groups in total. The number of aromatic nitrogens is 2. The smallest absolute Gasteiger partial charge is 0.143 e. The summed E-state index contributed by atoms with van der Waals surface area (Å²) in [6, 6.07) is 12.4. The molecule has 0 aliphatic rings. The minimum Gasteiger partial charge on any atom is -0.495 e. The first kappa shape index (κ1) is 16.5. The predicted molar refractivity (Wildman–Crippen MR) is 104 cm³/mol. The second-order valence-corrected chi connectivity index (χ2v) is 6.75. The van der Waals surface area contributed by atoms with Crippen LogP contribution in [-0.4, -0.2) is 17.1 Å². The fourth-order valence-corrected chi connectivity index (χ4v) is 3.77. The van der Waals surface area contributed by atoms with Crippen LogP contribution < -0.4 is 10.1 Å². The van der Waals surface area contributed by atoms with Gasteiger partial charge < -0.3 is 10.1 Å². The molecule has 26 heavy (non-hydrogen) atoms. The standard InChI is InChI=1S/C20H16FN3OS/c1-12-3-8-17(25-2)16(9-12)24-19-18-15(10-26-20(18)23-11-22-19)13-4-6-14(21)7-5-13/h3-11H,1-2H3,(H,22,23,24). The van der Waals surface area contributed by atoms with Gasteiger partial charge in [-0.2, -0.15) is 0 Å². The number of anilines is 2. The van der Waals surface area contributed by atoms with Gasteiger partial charge in [0.15, 0.2) is 0 Å². The summed E-state index contributed by atoms with van der Waals surface area (Å²) in [5.41, 5.74) is 3.85. The second kappa shape index (κ2) is 6.72. The number of nitrogens with zero attached hydrogens (tertiary/aromatic N) is 2. The maximum Gasteiger partial charge on any atom is 0.143 e. The van der Waals surface area contributed by atoms with Gasteiger partial charge in [-0.25, -0.2) is 14.4 Å². The number of hydrogen-bond acceptors (Lipinski definition) is 5. The highest BCUT2D eigenvalue weighted by atomic mass is 32.1. The maximum absolute atomic E-state index is 13.3. The van der Waals surface area contributed by atoms with E-state index in [0.29, 0.717) is 5.82 Å². The number of halogens is 1. The summed E-state index contributed by atoms with van der Waals surface area (Å²) in [6.07, 6.45) is 1.54. The van der Waals surface area contributed by atoms with Crippen LogP contribution in [-0.2, 0) is 0 Å². The van der Waals surface area contributed by atoms with E-state index >= 15 is 0 Å². The summed E-state index contributed by atoms with van der Waals surface area (Å²) in [5.74, 6) is 1.17. The number of methoxy groups -OCH3 is 1. The lowest BCUT2D eigenvalue weighted by Crippen LogP contribution is -1.98. The summed E-state index contributed by atoms with van der Waals surface area (Å²) in [5, 5.41) is 6.30.